The van der Waals surface area contributed by atoms with E-state index in [0.29, 0.717) is 12.3 Å². The van der Waals surface area contributed by atoms with Gasteiger partial charge in [0.2, 0.25) is 0 Å². The van der Waals surface area contributed by atoms with E-state index >= 15 is 0 Å². The molecule has 0 aliphatic carbocycles. The van der Waals surface area contributed by atoms with Gasteiger partial charge in [-0.25, -0.2) is 4.68 Å². The summed E-state index contributed by atoms with van der Waals surface area (Å²) in [5.74, 6) is 2.22. The third kappa shape index (κ3) is 3.31. The van der Waals surface area contributed by atoms with E-state index in [-0.39, 0.29) is 5.49 Å². The van der Waals surface area contributed by atoms with Gasteiger partial charge in [0, 0.05) is 43.2 Å². The summed E-state index contributed by atoms with van der Waals surface area (Å²) in [7, 11) is 1.92. The summed E-state index contributed by atoms with van der Waals surface area (Å²) in [6.07, 6.45) is 5.46. The van der Waals surface area contributed by atoms with Gasteiger partial charge >= 0.3 is 0 Å². The quantitative estimate of drug-likeness (QED) is 0.384. The molecule has 0 bridgehead atoms. The van der Waals surface area contributed by atoms with Gasteiger partial charge in [-0.2, -0.15) is 5.10 Å². The van der Waals surface area contributed by atoms with E-state index in [1.807, 2.05) is 56.0 Å². The van der Waals surface area contributed by atoms with Gasteiger partial charge in [0.15, 0.2) is 11.3 Å². The second-order valence-electron chi connectivity index (χ2n) is 8.04. The van der Waals surface area contributed by atoms with Gasteiger partial charge < -0.3 is 9.64 Å². The zero-order valence-corrected chi connectivity index (χ0v) is 18.3. The van der Waals surface area contributed by atoms with Crippen molar-refractivity contribution in [2.75, 3.05) is 11.4 Å². The zero-order valence-electron chi connectivity index (χ0n) is 18.3. The number of pyridine rings is 1. The minimum absolute atomic E-state index is 0.238. The van der Waals surface area contributed by atoms with E-state index in [0.717, 1.165) is 64.2 Å². The summed E-state index contributed by atoms with van der Waals surface area (Å²) >= 11 is 0. The number of rotatable bonds is 4. The molecule has 1 aliphatic heterocycles. The van der Waals surface area contributed by atoms with Gasteiger partial charge in [0.25, 0.3) is 0 Å². The van der Waals surface area contributed by atoms with Crippen molar-refractivity contribution in [2.24, 2.45) is 7.05 Å². The first-order valence-electron chi connectivity index (χ1n) is 10.4. The van der Waals surface area contributed by atoms with E-state index < -0.39 is 0 Å². The second kappa shape index (κ2) is 7.60. The summed E-state index contributed by atoms with van der Waals surface area (Å²) in [6, 6.07) is 7.94. The van der Waals surface area contributed by atoms with Crippen LogP contribution in [-0.2, 0) is 20.0 Å². The Morgan fingerprint density at radius 3 is 2.75 bits per heavy atom. The van der Waals surface area contributed by atoms with Crippen LogP contribution < -0.4 is 15.1 Å². The summed E-state index contributed by atoms with van der Waals surface area (Å²) in [5.41, 5.74) is 5.22. The monoisotopic (exact) mass is 428 g/mol. The maximum absolute atomic E-state index is 8.15. The fourth-order valence-corrected chi connectivity index (χ4v) is 4.12. The zero-order chi connectivity index (χ0) is 22.4. The van der Waals surface area contributed by atoms with Crippen molar-refractivity contribution in [1.82, 2.24) is 24.5 Å². The van der Waals surface area contributed by atoms with Gasteiger partial charge in [-0.15, -0.1) is 5.10 Å². The van der Waals surface area contributed by atoms with E-state index in [2.05, 4.69) is 20.1 Å². The molecule has 5 rings (SSSR count). The van der Waals surface area contributed by atoms with Crippen LogP contribution in [0, 0.1) is 24.7 Å². The number of benzene rings is 1. The molecule has 0 unspecified atom stereocenters. The molecule has 0 saturated carbocycles. The Bertz CT molecular complexity index is 1420. The average molecular weight is 429 g/mol. The van der Waals surface area contributed by atoms with E-state index in [9.17, 15) is 0 Å². The molecule has 0 radical (unpaired) electrons. The SMILES string of the molecule is Cc1c(N2CCc3ncc(Oc4ccc5c(cnn5C)c4)cc3C2)nn(C=N)c(=N)c1C. The summed E-state index contributed by atoms with van der Waals surface area (Å²) in [4.78, 5) is 6.82. The van der Waals surface area contributed by atoms with Crippen molar-refractivity contribution in [3.05, 3.63) is 64.5 Å². The Morgan fingerprint density at radius 2 is 1.94 bits per heavy atom. The number of aromatic nitrogens is 5. The predicted molar refractivity (Wildman–Crippen MR) is 122 cm³/mol. The fourth-order valence-electron chi connectivity index (χ4n) is 4.12. The number of aryl methyl sites for hydroxylation is 1. The molecule has 0 amide bonds. The van der Waals surface area contributed by atoms with Crippen molar-refractivity contribution in [3.8, 4) is 11.5 Å². The predicted octanol–water partition coefficient (Wildman–Crippen LogP) is 3.07. The smallest absolute Gasteiger partial charge is 0.153 e. The van der Waals surface area contributed by atoms with Gasteiger partial charge in [-0.1, -0.05) is 0 Å². The molecular formula is C23H24N8O. The van der Waals surface area contributed by atoms with Crippen molar-refractivity contribution >= 4 is 23.1 Å². The molecule has 0 spiro atoms. The second-order valence-corrected chi connectivity index (χ2v) is 8.04. The molecule has 2 N–H and O–H groups in total. The number of hydrogen-bond donors (Lipinski definition) is 2. The lowest BCUT2D eigenvalue weighted by Gasteiger charge is -2.31. The highest BCUT2D eigenvalue weighted by atomic mass is 16.5. The number of anilines is 1. The molecule has 0 fully saturated rings. The van der Waals surface area contributed by atoms with Crippen LogP contribution >= 0.6 is 0 Å². The van der Waals surface area contributed by atoms with Crippen molar-refractivity contribution in [1.29, 1.82) is 10.8 Å². The Labute approximate surface area is 184 Å². The molecule has 3 aromatic heterocycles. The van der Waals surface area contributed by atoms with Crippen molar-refractivity contribution in [3.63, 3.8) is 0 Å². The van der Waals surface area contributed by atoms with Crippen LogP contribution in [0.25, 0.3) is 10.9 Å². The van der Waals surface area contributed by atoms with E-state index in [1.54, 1.807) is 6.20 Å². The summed E-state index contributed by atoms with van der Waals surface area (Å²) < 4.78 is 9.25. The molecule has 162 valence electrons. The molecule has 9 heteroatoms. The molecule has 9 nitrogen and oxygen atoms in total. The lowest BCUT2D eigenvalue weighted by Crippen LogP contribution is -2.35. The highest BCUT2D eigenvalue weighted by Crippen LogP contribution is 2.30. The topological polar surface area (TPSA) is 109 Å². The minimum Gasteiger partial charge on any atom is -0.456 e. The van der Waals surface area contributed by atoms with E-state index in [4.69, 9.17) is 15.6 Å². The largest absolute Gasteiger partial charge is 0.456 e. The average Bonchev–Trinajstić information content (AvgIpc) is 3.17. The third-order valence-corrected chi connectivity index (χ3v) is 6.07. The van der Waals surface area contributed by atoms with Crippen LogP contribution in [0.4, 0.5) is 5.82 Å². The molecule has 0 atom stereocenters. The third-order valence-electron chi connectivity index (χ3n) is 6.07. The van der Waals surface area contributed by atoms with Crippen LogP contribution in [-0.4, -0.2) is 37.4 Å². The van der Waals surface area contributed by atoms with Crippen LogP contribution in [0.5, 0.6) is 11.5 Å². The van der Waals surface area contributed by atoms with Crippen molar-refractivity contribution in [2.45, 2.75) is 26.8 Å². The lowest BCUT2D eigenvalue weighted by molar-refractivity contribution is 0.478. The summed E-state index contributed by atoms with van der Waals surface area (Å²) in [6.45, 7) is 5.30. The first-order chi connectivity index (χ1) is 15.4. The number of nitrogens with one attached hydrogen (secondary N) is 2. The lowest BCUT2D eigenvalue weighted by atomic mass is 10.0. The standard InChI is InChI=1S/C23H24N8O/c1-14-15(2)23(28-31(13-24)22(14)25)30-7-6-20-17(12-30)9-19(11-26-20)32-18-4-5-21-16(8-18)10-27-29(21)3/h4-5,8-11,13,24-25H,6-7,12H2,1-3H3. The molecule has 1 aromatic carbocycles. The number of hydrogen-bond acceptors (Lipinski definition) is 7. The normalized spacial score (nSPS) is 13.3. The molecular weight excluding hydrogens is 404 g/mol. The molecule has 1 aliphatic rings. The number of fused-ring (bicyclic) bond motifs is 2. The van der Waals surface area contributed by atoms with Gasteiger partial charge in [0.1, 0.15) is 17.8 Å². The minimum atomic E-state index is 0.238. The Kier molecular flexibility index (Phi) is 4.73. The highest BCUT2D eigenvalue weighted by molar-refractivity contribution is 5.80. The van der Waals surface area contributed by atoms with Crippen LogP contribution in [0.1, 0.15) is 22.4 Å². The van der Waals surface area contributed by atoms with Crippen molar-refractivity contribution < 1.29 is 4.74 Å². The first kappa shape index (κ1) is 19.9. The van der Waals surface area contributed by atoms with Gasteiger partial charge in [0.05, 0.1) is 17.9 Å². The number of ether oxygens (including phenoxy) is 1. The maximum Gasteiger partial charge on any atom is 0.153 e. The van der Waals surface area contributed by atoms with Crippen LogP contribution in [0.15, 0.2) is 36.7 Å². The van der Waals surface area contributed by atoms with Crippen LogP contribution in [0.2, 0.25) is 0 Å². The summed E-state index contributed by atoms with van der Waals surface area (Å²) in [5, 5.41) is 25.5. The molecule has 4 aromatic rings. The number of nitrogens with zero attached hydrogens (tertiary/aromatic N) is 6. The highest BCUT2D eigenvalue weighted by Gasteiger charge is 2.22. The Hall–Kier alpha value is -4.01. The Morgan fingerprint density at radius 1 is 1.09 bits per heavy atom. The first-order valence-corrected chi connectivity index (χ1v) is 10.4. The fraction of sp³-hybridized carbons (Fsp3) is 0.261. The maximum atomic E-state index is 8.15. The molecule has 32 heavy (non-hydrogen) atoms. The molecule has 0 saturated heterocycles. The van der Waals surface area contributed by atoms with Gasteiger partial charge in [-0.05, 0) is 49.2 Å². The van der Waals surface area contributed by atoms with Gasteiger partial charge in [-0.3, -0.25) is 20.5 Å². The molecule has 4 heterocycles. The Balaban J connectivity index is 1.43. The van der Waals surface area contributed by atoms with Crippen LogP contribution in [0.3, 0.4) is 0 Å². The van der Waals surface area contributed by atoms with E-state index in [1.165, 1.54) is 4.68 Å².